The van der Waals surface area contributed by atoms with E-state index in [1.54, 1.807) is 11.3 Å². The van der Waals surface area contributed by atoms with Crippen molar-refractivity contribution < 1.29 is 0 Å². The molecule has 0 amide bonds. The Morgan fingerprint density at radius 1 is 1.67 bits per heavy atom. The van der Waals surface area contributed by atoms with Crippen LogP contribution in [0, 0.1) is 17.2 Å². The van der Waals surface area contributed by atoms with Gasteiger partial charge in [0.1, 0.15) is 5.01 Å². The Hall–Kier alpha value is -0.920. The summed E-state index contributed by atoms with van der Waals surface area (Å²) in [5, 5.41) is 15.2. The van der Waals surface area contributed by atoms with Crippen molar-refractivity contribution in [3.05, 3.63) is 16.6 Å². The predicted molar refractivity (Wildman–Crippen MR) is 60.4 cm³/mol. The van der Waals surface area contributed by atoms with Gasteiger partial charge in [-0.1, -0.05) is 0 Å². The highest BCUT2D eigenvalue weighted by Gasteiger charge is 2.33. The van der Waals surface area contributed by atoms with Gasteiger partial charge in [-0.15, -0.1) is 11.3 Å². The van der Waals surface area contributed by atoms with Gasteiger partial charge >= 0.3 is 0 Å². The van der Waals surface area contributed by atoms with Gasteiger partial charge in [0.2, 0.25) is 0 Å². The van der Waals surface area contributed by atoms with Gasteiger partial charge in [0, 0.05) is 18.0 Å². The second kappa shape index (κ2) is 5.24. The van der Waals surface area contributed by atoms with Crippen LogP contribution in [0.2, 0.25) is 0 Å². The van der Waals surface area contributed by atoms with Crippen LogP contribution in [-0.2, 0) is 0 Å². The summed E-state index contributed by atoms with van der Waals surface area (Å²) in [6.45, 7) is 0.925. The number of hydrogen-bond donors (Lipinski definition) is 1. The molecular weight excluding hydrogens is 206 g/mol. The molecule has 0 radical (unpaired) electrons. The molecule has 1 saturated carbocycles. The van der Waals surface area contributed by atoms with Gasteiger partial charge in [-0.25, -0.2) is 4.98 Å². The number of thiazole rings is 1. The highest BCUT2D eigenvalue weighted by Crippen LogP contribution is 2.41. The number of hydrogen-bond acceptors (Lipinski definition) is 4. The third-order valence-corrected chi connectivity index (χ3v) is 3.50. The Kier molecular flexibility index (Phi) is 3.70. The Morgan fingerprint density at radius 2 is 2.53 bits per heavy atom. The summed E-state index contributed by atoms with van der Waals surface area (Å²) in [5.74, 6) is 0.776. The largest absolute Gasteiger partial charge is 0.308 e. The Balaban J connectivity index is 1.82. The lowest BCUT2D eigenvalue weighted by molar-refractivity contribution is 0.475. The number of rotatable bonds is 6. The Bertz CT molecular complexity index is 324. The fraction of sp³-hybridized carbons (Fsp3) is 0.636. The molecule has 1 aliphatic carbocycles. The monoisotopic (exact) mass is 221 g/mol. The Labute approximate surface area is 94.1 Å². The zero-order valence-electron chi connectivity index (χ0n) is 8.65. The van der Waals surface area contributed by atoms with Gasteiger partial charge in [0.15, 0.2) is 0 Å². The zero-order valence-corrected chi connectivity index (χ0v) is 9.46. The van der Waals surface area contributed by atoms with Crippen molar-refractivity contribution >= 4 is 11.3 Å². The first kappa shape index (κ1) is 10.6. The van der Waals surface area contributed by atoms with Gasteiger partial charge in [0.25, 0.3) is 0 Å². The molecule has 1 atom stereocenters. The van der Waals surface area contributed by atoms with E-state index in [1.165, 1.54) is 17.8 Å². The molecule has 0 aliphatic heterocycles. The van der Waals surface area contributed by atoms with Crippen molar-refractivity contribution in [1.82, 2.24) is 10.3 Å². The molecule has 1 aliphatic rings. The van der Waals surface area contributed by atoms with Gasteiger partial charge in [-0.3, -0.25) is 0 Å². The van der Waals surface area contributed by atoms with E-state index < -0.39 is 0 Å². The van der Waals surface area contributed by atoms with Crippen LogP contribution in [0.5, 0.6) is 0 Å². The summed E-state index contributed by atoms with van der Waals surface area (Å²) in [5.41, 5.74) is 0. The molecule has 0 saturated heterocycles. The third kappa shape index (κ3) is 3.01. The minimum Gasteiger partial charge on any atom is -0.308 e. The molecular formula is C11H15N3S. The summed E-state index contributed by atoms with van der Waals surface area (Å²) >= 11 is 1.72. The van der Waals surface area contributed by atoms with Crippen molar-refractivity contribution in [2.45, 2.75) is 31.7 Å². The lowest BCUT2D eigenvalue weighted by Crippen LogP contribution is -2.23. The van der Waals surface area contributed by atoms with Crippen molar-refractivity contribution in [2.24, 2.45) is 5.92 Å². The smallest absolute Gasteiger partial charge is 0.110 e. The molecule has 4 heteroatoms. The molecule has 2 rings (SSSR count). The lowest BCUT2D eigenvalue weighted by atomic mass is 10.2. The van der Waals surface area contributed by atoms with Crippen molar-refractivity contribution in [3.63, 3.8) is 0 Å². The van der Waals surface area contributed by atoms with Gasteiger partial charge in [-0.2, -0.15) is 5.26 Å². The van der Waals surface area contributed by atoms with E-state index in [9.17, 15) is 0 Å². The maximum Gasteiger partial charge on any atom is 0.110 e. The molecule has 0 spiro atoms. The predicted octanol–water partition coefficient (Wildman–Crippen LogP) is 2.49. The fourth-order valence-electron chi connectivity index (χ4n) is 1.70. The van der Waals surface area contributed by atoms with Crippen LogP contribution in [-0.4, -0.2) is 11.5 Å². The van der Waals surface area contributed by atoms with Gasteiger partial charge in [-0.05, 0) is 31.7 Å². The molecule has 15 heavy (non-hydrogen) atoms. The van der Waals surface area contributed by atoms with Crippen LogP contribution in [0.25, 0.3) is 0 Å². The summed E-state index contributed by atoms with van der Waals surface area (Å²) in [7, 11) is 0. The van der Waals surface area contributed by atoms with Crippen LogP contribution >= 0.6 is 11.3 Å². The molecule has 80 valence electrons. The van der Waals surface area contributed by atoms with E-state index >= 15 is 0 Å². The summed E-state index contributed by atoms with van der Waals surface area (Å²) in [4.78, 5) is 4.37. The number of nitriles is 1. The second-order valence-electron chi connectivity index (χ2n) is 3.90. The molecule has 0 unspecified atom stereocenters. The molecule has 1 aromatic rings. The second-order valence-corrected chi connectivity index (χ2v) is 4.83. The standard InChI is InChI=1S/C11H15N3S/c12-5-1-2-6-13-10(9-3-4-9)11-14-7-8-15-11/h7-10,13H,1-4,6H2/t10-/m0/s1. The SMILES string of the molecule is N#CCCCN[C@H](c1nccs1)C1CC1. The molecule has 3 nitrogen and oxygen atoms in total. The minimum atomic E-state index is 0.434. The normalized spacial score (nSPS) is 17.3. The van der Waals surface area contributed by atoms with E-state index in [-0.39, 0.29) is 0 Å². The minimum absolute atomic E-state index is 0.434. The highest BCUT2D eigenvalue weighted by molar-refractivity contribution is 7.09. The first-order chi connectivity index (χ1) is 7.42. The highest BCUT2D eigenvalue weighted by atomic mass is 32.1. The molecule has 1 aromatic heterocycles. The van der Waals surface area contributed by atoms with E-state index in [2.05, 4.69) is 16.4 Å². The molecule has 1 fully saturated rings. The van der Waals surface area contributed by atoms with Crippen molar-refractivity contribution in [2.75, 3.05) is 6.54 Å². The first-order valence-electron chi connectivity index (χ1n) is 5.41. The Morgan fingerprint density at radius 3 is 3.13 bits per heavy atom. The molecule has 1 heterocycles. The fourth-order valence-corrected chi connectivity index (χ4v) is 2.50. The van der Waals surface area contributed by atoms with Crippen LogP contribution in [0.4, 0.5) is 0 Å². The topological polar surface area (TPSA) is 48.7 Å². The van der Waals surface area contributed by atoms with Gasteiger partial charge in [0.05, 0.1) is 12.1 Å². The lowest BCUT2D eigenvalue weighted by Gasteiger charge is -2.14. The van der Waals surface area contributed by atoms with Crippen molar-refractivity contribution in [3.8, 4) is 6.07 Å². The number of aromatic nitrogens is 1. The average Bonchev–Trinajstić information content (AvgIpc) is 2.93. The van der Waals surface area contributed by atoms with Gasteiger partial charge < -0.3 is 5.32 Å². The third-order valence-electron chi connectivity index (χ3n) is 2.64. The zero-order chi connectivity index (χ0) is 10.5. The van der Waals surface area contributed by atoms with Crippen LogP contribution in [0.15, 0.2) is 11.6 Å². The molecule has 1 N–H and O–H groups in total. The maximum absolute atomic E-state index is 8.45. The van der Waals surface area contributed by atoms with Crippen LogP contribution in [0.1, 0.15) is 36.7 Å². The summed E-state index contributed by atoms with van der Waals surface area (Å²) in [6.07, 6.45) is 6.07. The number of unbranched alkanes of at least 4 members (excludes halogenated alkanes) is 1. The number of nitrogens with one attached hydrogen (secondary N) is 1. The molecule has 0 bridgehead atoms. The van der Waals surface area contributed by atoms with E-state index in [0.717, 1.165) is 18.9 Å². The van der Waals surface area contributed by atoms with Crippen LogP contribution in [0.3, 0.4) is 0 Å². The van der Waals surface area contributed by atoms with E-state index in [1.807, 2.05) is 11.6 Å². The average molecular weight is 221 g/mol. The van der Waals surface area contributed by atoms with E-state index in [0.29, 0.717) is 12.5 Å². The van der Waals surface area contributed by atoms with Crippen molar-refractivity contribution in [1.29, 1.82) is 5.26 Å². The summed E-state index contributed by atoms with van der Waals surface area (Å²) in [6, 6.07) is 2.60. The first-order valence-corrected chi connectivity index (χ1v) is 6.29. The van der Waals surface area contributed by atoms with Crippen LogP contribution < -0.4 is 5.32 Å². The summed E-state index contributed by atoms with van der Waals surface area (Å²) < 4.78 is 0. The van der Waals surface area contributed by atoms with E-state index in [4.69, 9.17) is 5.26 Å². The quantitative estimate of drug-likeness (QED) is 0.751. The maximum atomic E-state index is 8.45. The molecule has 0 aromatic carbocycles. The number of nitrogens with zero attached hydrogens (tertiary/aromatic N) is 2.